The van der Waals surface area contributed by atoms with Gasteiger partial charge in [-0.15, -0.1) is 0 Å². The SMILES string of the molecule is COc1cc(C(=S)N2C[C@H](C)O[C@@H](C)C2)cc(Br)c1O. The van der Waals surface area contributed by atoms with Gasteiger partial charge in [-0.2, -0.15) is 0 Å². The smallest absolute Gasteiger partial charge is 0.172 e. The van der Waals surface area contributed by atoms with Crippen LogP contribution in [0.4, 0.5) is 0 Å². The zero-order valence-electron chi connectivity index (χ0n) is 11.7. The van der Waals surface area contributed by atoms with Gasteiger partial charge >= 0.3 is 0 Å². The summed E-state index contributed by atoms with van der Waals surface area (Å²) in [4.78, 5) is 2.87. The van der Waals surface area contributed by atoms with Crippen LogP contribution in [-0.2, 0) is 4.74 Å². The van der Waals surface area contributed by atoms with Crippen molar-refractivity contribution >= 4 is 33.1 Å². The second-order valence-electron chi connectivity index (χ2n) is 4.98. The third-order valence-corrected chi connectivity index (χ3v) is 4.30. The van der Waals surface area contributed by atoms with Gasteiger partial charge in [0.15, 0.2) is 11.5 Å². The van der Waals surface area contributed by atoms with Crippen LogP contribution in [0.5, 0.6) is 11.5 Å². The van der Waals surface area contributed by atoms with Crippen molar-refractivity contribution < 1.29 is 14.6 Å². The molecule has 0 aliphatic carbocycles. The fraction of sp³-hybridized carbons (Fsp3) is 0.500. The van der Waals surface area contributed by atoms with Gasteiger partial charge in [0.1, 0.15) is 4.99 Å². The Balaban J connectivity index is 2.27. The van der Waals surface area contributed by atoms with Crippen LogP contribution in [0, 0.1) is 0 Å². The number of halogens is 1. The number of methoxy groups -OCH3 is 1. The number of phenolic OH excluding ortho intramolecular Hbond substituents is 1. The lowest BCUT2D eigenvalue weighted by Crippen LogP contribution is -2.47. The molecule has 1 aliphatic rings. The first kappa shape index (κ1) is 15.5. The van der Waals surface area contributed by atoms with Crippen LogP contribution in [-0.4, -0.2) is 47.4 Å². The van der Waals surface area contributed by atoms with Crippen molar-refractivity contribution in [2.24, 2.45) is 0 Å². The van der Waals surface area contributed by atoms with Gasteiger partial charge in [0, 0.05) is 18.7 Å². The molecule has 0 radical (unpaired) electrons. The molecule has 0 saturated carbocycles. The Kier molecular flexibility index (Phi) is 4.88. The van der Waals surface area contributed by atoms with E-state index >= 15 is 0 Å². The summed E-state index contributed by atoms with van der Waals surface area (Å²) in [5.41, 5.74) is 0.850. The van der Waals surface area contributed by atoms with Crippen LogP contribution >= 0.6 is 28.1 Å². The minimum atomic E-state index is 0.0859. The second kappa shape index (κ2) is 6.28. The molecule has 20 heavy (non-hydrogen) atoms. The Bertz CT molecular complexity index is 513. The number of ether oxygens (including phenoxy) is 2. The number of benzene rings is 1. The van der Waals surface area contributed by atoms with E-state index < -0.39 is 0 Å². The molecule has 2 rings (SSSR count). The average Bonchev–Trinajstić information content (AvgIpc) is 2.39. The monoisotopic (exact) mass is 359 g/mol. The fourth-order valence-electron chi connectivity index (χ4n) is 2.38. The van der Waals surface area contributed by atoms with E-state index in [-0.39, 0.29) is 18.0 Å². The molecule has 6 heteroatoms. The van der Waals surface area contributed by atoms with Crippen LogP contribution < -0.4 is 4.74 Å². The molecule has 1 heterocycles. The predicted octanol–water partition coefficient (Wildman–Crippen LogP) is 2.95. The van der Waals surface area contributed by atoms with E-state index in [0.717, 1.165) is 23.6 Å². The maximum Gasteiger partial charge on any atom is 0.172 e. The third-order valence-electron chi connectivity index (χ3n) is 3.20. The quantitative estimate of drug-likeness (QED) is 0.822. The average molecular weight is 360 g/mol. The third kappa shape index (κ3) is 3.24. The predicted molar refractivity (Wildman–Crippen MR) is 85.6 cm³/mol. The first-order valence-electron chi connectivity index (χ1n) is 6.43. The summed E-state index contributed by atoms with van der Waals surface area (Å²) in [7, 11) is 1.52. The first-order valence-corrected chi connectivity index (χ1v) is 7.63. The van der Waals surface area contributed by atoms with Gasteiger partial charge in [-0.1, -0.05) is 12.2 Å². The van der Waals surface area contributed by atoms with E-state index in [2.05, 4.69) is 20.8 Å². The fourth-order valence-corrected chi connectivity index (χ4v) is 3.09. The standard InChI is InChI=1S/C14H18BrNO3S/c1-8-6-16(7-9(2)19-8)14(20)10-4-11(15)13(17)12(5-10)18-3/h4-5,8-9,17H,6-7H2,1-3H3/t8-,9-/m0/s1. The lowest BCUT2D eigenvalue weighted by Gasteiger charge is -2.37. The van der Waals surface area contributed by atoms with Crippen LogP contribution in [0.1, 0.15) is 19.4 Å². The molecule has 1 aromatic carbocycles. The van der Waals surface area contributed by atoms with Crippen LogP contribution in [0.2, 0.25) is 0 Å². The molecule has 1 N–H and O–H groups in total. The first-order chi connectivity index (χ1) is 9.42. The minimum Gasteiger partial charge on any atom is -0.503 e. The van der Waals surface area contributed by atoms with E-state index in [1.165, 1.54) is 7.11 Å². The van der Waals surface area contributed by atoms with Gasteiger partial charge < -0.3 is 19.5 Å². The highest BCUT2D eigenvalue weighted by atomic mass is 79.9. The zero-order chi connectivity index (χ0) is 14.9. The molecule has 2 atom stereocenters. The van der Waals surface area contributed by atoms with Gasteiger partial charge in [-0.25, -0.2) is 0 Å². The van der Waals surface area contributed by atoms with Crippen molar-refractivity contribution in [1.29, 1.82) is 0 Å². The van der Waals surface area contributed by atoms with Gasteiger partial charge in [-0.3, -0.25) is 0 Å². The number of morpholine rings is 1. The van der Waals surface area contributed by atoms with E-state index in [9.17, 15) is 5.11 Å². The van der Waals surface area contributed by atoms with Crippen LogP contribution in [0.3, 0.4) is 0 Å². The molecule has 0 aromatic heterocycles. The van der Waals surface area contributed by atoms with Crippen molar-refractivity contribution in [1.82, 2.24) is 4.90 Å². The summed E-state index contributed by atoms with van der Waals surface area (Å²) in [6.45, 7) is 5.62. The van der Waals surface area contributed by atoms with Crippen molar-refractivity contribution in [2.75, 3.05) is 20.2 Å². The number of aromatic hydroxyl groups is 1. The van der Waals surface area contributed by atoms with Gasteiger partial charge in [0.2, 0.25) is 0 Å². The molecule has 1 fully saturated rings. The highest BCUT2D eigenvalue weighted by Gasteiger charge is 2.25. The van der Waals surface area contributed by atoms with Gasteiger partial charge in [0.25, 0.3) is 0 Å². The highest BCUT2D eigenvalue weighted by molar-refractivity contribution is 9.10. The number of hydrogen-bond donors (Lipinski definition) is 1. The molecule has 0 unspecified atom stereocenters. The maximum absolute atomic E-state index is 9.85. The van der Waals surface area contributed by atoms with Gasteiger partial charge in [0.05, 0.1) is 23.8 Å². The zero-order valence-corrected chi connectivity index (χ0v) is 14.1. The van der Waals surface area contributed by atoms with Crippen LogP contribution in [0.25, 0.3) is 0 Å². The molecule has 1 aliphatic heterocycles. The molecule has 0 amide bonds. The molecule has 1 aromatic rings. The summed E-state index contributed by atoms with van der Waals surface area (Å²) < 4.78 is 11.5. The Morgan fingerprint density at radius 3 is 2.55 bits per heavy atom. The number of thiocarbonyl (C=S) groups is 1. The Morgan fingerprint density at radius 1 is 1.40 bits per heavy atom. The maximum atomic E-state index is 9.85. The number of rotatable bonds is 2. The van der Waals surface area contributed by atoms with Crippen molar-refractivity contribution in [3.63, 3.8) is 0 Å². The molecule has 0 spiro atoms. The summed E-state index contributed by atoms with van der Waals surface area (Å²) in [6, 6.07) is 3.57. The lowest BCUT2D eigenvalue weighted by atomic mass is 10.1. The topological polar surface area (TPSA) is 41.9 Å². The summed E-state index contributed by atoms with van der Waals surface area (Å²) in [6.07, 6.45) is 0.304. The molecule has 0 bridgehead atoms. The Hall–Kier alpha value is -0.850. The number of nitrogens with zero attached hydrogens (tertiary/aromatic N) is 1. The molecular formula is C14H18BrNO3S. The van der Waals surface area contributed by atoms with E-state index in [1.54, 1.807) is 6.07 Å². The van der Waals surface area contributed by atoms with E-state index in [4.69, 9.17) is 21.7 Å². The summed E-state index contributed by atoms with van der Waals surface area (Å²) >= 11 is 8.89. The largest absolute Gasteiger partial charge is 0.503 e. The lowest BCUT2D eigenvalue weighted by molar-refractivity contribution is -0.0472. The normalized spacial score (nSPS) is 22.7. The van der Waals surface area contributed by atoms with E-state index in [0.29, 0.717) is 10.2 Å². The van der Waals surface area contributed by atoms with Crippen LogP contribution in [0.15, 0.2) is 16.6 Å². The van der Waals surface area contributed by atoms with Crippen molar-refractivity contribution in [3.05, 3.63) is 22.2 Å². The Labute approximate surface area is 132 Å². The molecular weight excluding hydrogens is 342 g/mol. The van der Waals surface area contributed by atoms with Crippen molar-refractivity contribution in [2.45, 2.75) is 26.1 Å². The molecule has 1 saturated heterocycles. The minimum absolute atomic E-state index is 0.0859. The molecule has 110 valence electrons. The summed E-state index contributed by atoms with van der Waals surface area (Å²) in [5.74, 6) is 0.494. The summed E-state index contributed by atoms with van der Waals surface area (Å²) in [5, 5.41) is 9.85. The Morgan fingerprint density at radius 2 is 2.00 bits per heavy atom. The highest BCUT2D eigenvalue weighted by Crippen LogP contribution is 2.35. The number of hydrogen-bond acceptors (Lipinski definition) is 4. The van der Waals surface area contributed by atoms with Crippen molar-refractivity contribution in [3.8, 4) is 11.5 Å². The number of phenols is 1. The molecule has 4 nitrogen and oxygen atoms in total. The second-order valence-corrected chi connectivity index (χ2v) is 6.22. The van der Waals surface area contributed by atoms with Gasteiger partial charge in [-0.05, 0) is 41.9 Å². The van der Waals surface area contributed by atoms with E-state index in [1.807, 2.05) is 19.9 Å².